The molecule has 1 fully saturated rings. The first-order valence-corrected chi connectivity index (χ1v) is 6.22. The summed E-state index contributed by atoms with van der Waals surface area (Å²) in [5.41, 5.74) is 7.37. The van der Waals surface area contributed by atoms with E-state index >= 15 is 0 Å². The normalized spacial score (nSPS) is 19.6. The molecule has 1 unspecified atom stereocenters. The van der Waals surface area contributed by atoms with E-state index < -0.39 is 0 Å². The topological polar surface area (TPSA) is 66.0 Å². The minimum absolute atomic E-state index is 0.106. The molecule has 1 aromatic heterocycles. The number of aromatic nitrogens is 1. The molecule has 1 atom stereocenters. The van der Waals surface area contributed by atoms with Gasteiger partial charge in [-0.2, -0.15) is 0 Å². The molecule has 1 aliphatic rings. The molecule has 2 heterocycles. The molecule has 0 radical (unpaired) electrons. The molecule has 92 valence electrons. The minimum Gasteiger partial charge on any atom is -0.384 e. The number of nitrogens with one attached hydrogen (secondary N) is 1. The average molecular weight is 232 g/mol. The maximum atomic E-state index is 7.64. The second-order valence-corrected chi connectivity index (χ2v) is 4.64. The first-order valence-electron chi connectivity index (χ1n) is 6.22. The van der Waals surface area contributed by atoms with Gasteiger partial charge < -0.3 is 10.6 Å². The Morgan fingerprint density at radius 1 is 1.59 bits per heavy atom. The van der Waals surface area contributed by atoms with Gasteiger partial charge in [0.1, 0.15) is 11.7 Å². The standard InChI is InChI=1S/C13H20N4/c1-3-10-5-4-8-17(10)13-11(12(14)15)7-6-9(2)16-13/h6-7,10H,3-5,8H2,1-2H3,(H3,14,15). The van der Waals surface area contributed by atoms with Crippen molar-refractivity contribution in [3.8, 4) is 0 Å². The van der Waals surface area contributed by atoms with Crippen LogP contribution in [0.5, 0.6) is 0 Å². The number of amidine groups is 1. The summed E-state index contributed by atoms with van der Waals surface area (Å²) in [6.45, 7) is 5.20. The van der Waals surface area contributed by atoms with Crippen LogP contribution >= 0.6 is 0 Å². The first-order chi connectivity index (χ1) is 8.13. The third-order valence-corrected chi connectivity index (χ3v) is 3.42. The van der Waals surface area contributed by atoms with Crippen LogP contribution < -0.4 is 10.6 Å². The van der Waals surface area contributed by atoms with Gasteiger partial charge in [0.05, 0.1) is 5.56 Å². The maximum absolute atomic E-state index is 7.64. The van der Waals surface area contributed by atoms with Crippen molar-refractivity contribution in [2.45, 2.75) is 39.2 Å². The van der Waals surface area contributed by atoms with Crippen LogP contribution in [0.4, 0.5) is 5.82 Å². The highest BCUT2D eigenvalue weighted by molar-refractivity contribution is 5.99. The Morgan fingerprint density at radius 3 is 3.00 bits per heavy atom. The SMILES string of the molecule is CCC1CCCN1c1nc(C)ccc1C(=N)N. The van der Waals surface area contributed by atoms with Gasteiger partial charge in [0.25, 0.3) is 0 Å². The number of nitrogen functional groups attached to an aromatic ring is 1. The van der Waals surface area contributed by atoms with Gasteiger partial charge in [0.15, 0.2) is 0 Å². The Balaban J connectivity index is 2.42. The number of hydrogen-bond donors (Lipinski definition) is 2. The first kappa shape index (κ1) is 11.9. The molecule has 17 heavy (non-hydrogen) atoms. The van der Waals surface area contributed by atoms with E-state index in [2.05, 4.69) is 16.8 Å². The Hall–Kier alpha value is -1.58. The summed E-state index contributed by atoms with van der Waals surface area (Å²) in [7, 11) is 0. The molecule has 2 rings (SSSR count). The highest BCUT2D eigenvalue weighted by Crippen LogP contribution is 2.28. The molecular formula is C13H20N4. The van der Waals surface area contributed by atoms with Gasteiger partial charge >= 0.3 is 0 Å². The molecule has 0 amide bonds. The molecule has 4 heteroatoms. The van der Waals surface area contributed by atoms with Crippen molar-refractivity contribution in [2.75, 3.05) is 11.4 Å². The molecule has 1 aliphatic heterocycles. The van der Waals surface area contributed by atoms with Crippen LogP contribution in [0.3, 0.4) is 0 Å². The van der Waals surface area contributed by atoms with Crippen molar-refractivity contribution in [1.82, 2.24) is 4.98 Å². The Kier molecular flexibility index (Phi) is 3.31. The zero-order valence-corrected chi connectivity index (χ0v) is 10.5. The number of pyridine rings is 1. The van der Waals surface area contributed by atoms with E-state index in [1.807, 2.05) is 19.1 Å². The Labute approximate surface area is 102 Å². The van der Waals surface area contributed by atoms with E-state index in [4.69, 9.17) is 11.1 Å². The van der Waals surface area contributed by atoms with E-state index in [0.29, 0.717) is 6.04 Å². The summed E-state index contributed by atoms with van der Waals surface area (Å²) >= 11 is 0. The molecular weight excluding hydrogens is 212 g/mol. The van der Waals surface area contributed by atoms with Crippen molar-refractivity contribution in [1.29, 1.82) is 5.41 Å². The Bertz CT molecular complexity index is 427. The average Bonchev–Trinajstić information content (AvgIpc) is 2.76. The van der Waals surface area contributed by atoms with Gasteiger partial charge in [-0.25, -0.2) is 4.98 Å². The van der Waals surface area contributed by atoms with Gasteiger partial charge in [-0.05, 0) is 38.3 Å². The van der Waals surface area contributed by atoms with Crippen molar-refractivity contribution in [2.24, 2.45) is 5.73 Å². The van der Waals surface area contributed by atoms with Crippen molar-refractivity contribution >= 4 is 11.7 Å². The lowest BCUT2D eigenvalue weighted by Gasteiger charge is -2.26. The van der Waals surface area contributed by atoms with Crippen LogP contribution in [-0.2, 0) is 0 Å². The fraction of sp³-hybridized carbons (Fsp3) is 0.538. The molecule has 0 aliphatic carbocycles. The van der Waals surface area contributed by atoms with E-state index in [9.17, 15) is 0 Å². The van der Waals surface area contributed by atoms with E-state index in [0.717, 1.165) is 30.0 Å². The van der Waals surface area contributed by atoms with Crippen LogP contribution in [0, 0.1) is 12.3 Å². The van der Waals surface area contributed by atoms with Gasteiger partial charge in [-0.3, -0.25) is 5.41 Å². The van der Waals surface area contributed by atoms with Crippen molar-refractivity contribution in [3.63, 3.8) is 0 Å². The largest absolute Gasteiger partial charge is 0.384 e. The minimum atomic E-state index is 0.106. The monoisotopic (exact) mass is 232 g/mol. The van der Waals surface area contributed by atoms with Crippen LogP contribution in [-0.4, -0.2) is 23.4 Å². The molecule has 3 N–H and O–H groups in total. The zero-order valence-electron chi connectivity index (χ0n) is 10.5. The lowest BCUT2D eigenvalue weighted by molar-refractivity contribution is 0.639. The van der Waals surface area contributed by atoms with Gasteiger partial charge in [-0.15, -0.1) is 0 Å². The van der Waals surface area contributed by atoms with Crippen LogP contribution in [0.25, 0.3) is 0 Å². The molecule has 1 aromatic rings. The summed E-state index contributed by atoms with van der Waals surface area (Å²) in [4.78, 5) is 6.89. The molecule has 0 spiro atoms. The Morgan fingerprint density at radius 2 is 2.35 bits per heavy atom. The van der Waals surface area contributed by atoms with Crippen LogP contribution in [0.2, 0.25) is 0 Å². The summed E-state index contributed by atoms with van der Waals surface area (Å²) in [6.07, 6.45) is 3.53. The summed E-state index contributed by atoms with van der Waals surface area (Å²) in [5, 5.41) is 7.64. The fourth-order valence-electron chi connectivity index (χ4n) is 2.51. The fourth-order valence-corrected chi connectivity index (χ4v) is 2.51. The van der Waals surface area contributed by atoms with Crippen molar-refractivity contribution < 1.29 is 0 Å². The summed E-state index contributed by atoms with van der Waals surface area (Å²) in [5.74, 6) is 0.996. The maximum Gasteiger partial charge on any atom is 0.140 e. The van der Waals surface area contributed by atoms with Gasteiger partial charge in [0.2, 0.25) is 0 Å². The van der Waals surface area contributed by atoms with E-state index in [1.54, 1.807) is 0 Å². The third kappa shape index (κ3) is 2.25. The number of nitrogens with two attached hydrogens (primary N) is 1. The number of anilines is 1. The van der Waals surface area contributed by atoms with Crippen LogP contribution in [0.1, 0.15) is 37.4 Å². The van der Waals surface area contributed by atoms with Gasteiger partial charge in [0, 0.05) is 18.3 Å². The molecule has 4 nitrogen and oxygen atoms in total. The van der Waals surface area contributed by atoms with Crippen LogP contribution in [0.15, 0.2) is 12.1 Å². The molecule has 1 saturated heterocycles. The lowest BCUT2D eigenvalue weighted by atomic mass is 10.1. The quantitative estimate of drug-likeness (QED) is 0.619. The predicted octanol–water partition coefficient (Wildman–Crippen LogP) is 2.05. The summed E-state index contributed by atoms with van der Waals surface area (Å²) in [6, 6.07) is 4.37. The lowest BCUT2D eigenvalue weighted by Crippen LogP contribution is -2.32. The predicted molar refractivity (Wildman–Crippen MR) is 70.6 cm³/mol. The third-order valence-electron chi connectivity index (χ3n) is 3.42. The second kappa shape index (κ2) is 4.73. The van der Waals surface area contributed by atoms with Gasteiger partial charge in [-0.1, -0.05) is 6.92 Å². The molecule has 0 saturated carbocycles. The number of hydrogen-bond acceptors (Lipinski definition) is 3. The zero-order chi connectivity index (χ0) is 12.4. The highest BCUT2D eigenvalue weighted by Gasteiger charge is 2.26. The smallest absolute Gasteiger partial charge is 0.140 e. The van der Waals surface area contributed by atoms with Crippen molar-refractivity contribution in [3.05, 3.63) is 23.4 Å². The number of aryl methyl sites for hydroxylation is 1. The highest BCUT2D eigenvalue weighted by atomic mass is 15.2. The number of rotatable bonds is 3. The second-order valence-electron chi connectivity index (χ2n) is 4.64. The van der Waals surface area contributed by atoms with E-state index in [-0.39, 0.29) is 5.84 Å². The molecule has 0 bridgehead atoms. The number of nitrogens with zero attached hydrogens (tertiary/aromatic N) is 2. The summed E-state index contributed by atoms with van der Waals surface area (Å²) < 4.78 is 0. The molecule has 0 aromatic carbocycles. The van der Waals surface area contributed by atoms with E-state index in [1.165, 1.54) is 12.8 Å².